The summed E-state index contributed by atoms with van der Waals surface area (Å²) in [5, 5.41) is 16.0. The Morgan fingerprint density at radius 3 is 2.51 bits per heavy atom. The Bertz CT molecular complexity index is 1680. The molecule has 2 fully saturated rings. The molecule has 3 heterocycles. The predicted octanol–water partition coefficient (Wildman–Crippen LogP) is 5.87. The Morgan fingerprint density at radius 2 is 1.86 bits per heavy atom. The molecule has 3 N–H and O–H groups in total. The molecule has 6 rings (SSSR count). The van der Waals surface area contributed by atoms with Crippen LogP contribution < -0.4 is 15.5 Å². The normalized spacial score (nSPS) is 24.8. The molecule has 5 atom stereocenters. The van der Waals surface area contributed by atoms with Crippen LogP contribution in [-0.2, 0) is 37.8 Å². The molecule has 1 spiro atoms. The minimum Gasteiger partial charge on any atom is -0.395 e. The minimum absolute atomic E-state index is 0.0599. The van der Waals surface area contributed by atoms with Crippen LogP contribution in [0.5, 0.6) is 0 Å². The molecule has 3 aromatic carbocycles. The third-order valence-corrected chi connectivity index (χ3v) is 13.1. The molecule has 3 aliphatic rings. The van der Waals surface area contributed by atoms with Crippen LogP contribution in [0.15, 0.2) is 77.3 Å². The van der Waals surface area contributed by atoms with Gasteiger partial charge in [0.05, 0.1) is 37.4 Å². The van der Waals surface area contributed by atoms with Crippen molar-refractivity contribution in [2.24, 2.45) is 5.92 Å². The molecule has 260 valence electrons. The lowest BCUT2D eigenvalue weighted by molar-refractivity contribution is -0.150. The first-order chi connectivity index (χ1) is 23.4. The van der Waals surface area contributed by atoms with E-state index in [2.05, 4.69) is 26.6 Å². The van der Waals surface area contributed by atoms with Crippen molar-refractivity contribution in [1.82, 2.24) is 10.2 Å². The number of rotatable bonds is 11. The van der Waals surface area contributed by atoms with E-state index in [9.17, 15) is 19.5 Å². The molecule has 12 heteroatoms. The number of nitrogens with zero attached hydrogens (tertiary/aromatic N) is 2. The van der Waals surface area contributed by atoms with Crippen molar-refractivity contribution in [3.8, 4) is 0 Å². The fourth-order valence-corrected chi connectivity index (χ4v) is 10.8. The van der Waals surface area contributed by atoms with Crippen molar-refractivity contribution in [2.75, 3.05) is 29.9 Å². The summed E-state index contributed by atoms with van der Waals surface area (Å²) in [6.07, 6.45) is 0.844. The molecule has 2 saturated heterocycles. The smallest absolute Gasteiger partial charge is 0.264 e. The summed E-state index contributed by atoms with van der Waals surface area (Å²) in [7, 11) is -3.50. The molecular formula is C37H44BrFN4O5Si. The van der Waals surface area contributed by atoms with Gasteiger partial charge in [0.2, 0.25) is 20.2 Å². The number of anilines is 2. The largest absolute Gasteiger partial charge is 0.395 e. The van der Waals surface area contributed by atoms with Crippen molar-refractivity contribution in [3.63, 3.8) is 0 Å². The Labute approximate surface area is 296 Å². The van der Waals surface area contributed by atoms with Crippen LogP contribution in [-0.4, -0.2) is 68.0 Å². The van der Waals surface area contributed by atoms with E-state index >= 15 is 4.11 Å². The van der Waals surface area contributed by atoms with E-state index in [4.69, 9.17) is 4.74 Å². The summed E-state index contributed by atoms with van der Waals surface area (Å²) in [6.45, 7) is 6.41. The molecule has 0 saturated carbocycles. The van der Waals surface area contributed by atoms with E-state index in [1.165, 1.54) is 0 Å². The summed E-state index contributed by atoms with van der Waals surface area (Å²) in [5.41, 5.74) is 1.66. The molecule has 0 bridgehead atoms. The molecule has 3 amide bonds. The Hall–Kier alpha value is -3.42. The number of aliphatic hydroxyl groups is 1. The van der Waals surface area contributed by atoms with Crippen LogP contribution in [0, 0.1) is 5.92 Å². The zero-order valence-corrected chi connectivity index (χ0v) is 30.7. The Balaban J connectivity index is 1.27. The van der Waals surface area contributed by atoms with Crippen LogP contribution >= 0.6 is 15.9 Å². The van der Waals surface area contributed by atoms with Gasteiger partial charge in [-0.1, -0.05) is 65.3 Å². The number of fused-ring (bicyclic) bond motifs is 2. The third-order valence-electron chi connectivity index (χ3n) is 10.2. The van der Waals surface area contributed by atoms with Gasteiger partial charge in [0.15, 0.2) is 5.60 Å². The first-order valence-electron chi connectivity index (χ1n) is 17.0. The summed E-state index contributed by atoms with van der Waals surface area (Å²) < 4.78 is 23.9. The van der Waals surface area contributed by atoms with Gasteiger partial charge in [-0.25, -0.2) is 0 Å². The first-order valence-corrected chi connectivity index (χ1v) is 20.7. The number of nitrogens with one attached hydrogen (secondary N) is 2. The SMILES string of the molecule is C[C@H]1[C@H]([Si](C)(C)F)[C@@H](CC(=O)N(CCO)Cc2ccccc2)O[C@]12C(=O)N(Cc1ccc(NC(=O)[C@H]3CCCN3)cc1)c1ccc(Br)cc12. The second-order valence-corrected chi connectivity index (χ2v) is 18.6. The van der Waals surface area contributed by atoms with Crippen LogP contribution in [0.4, 0.5) is 15.5 Å². The Kier molecular flexibility index (Phi) is 10.4. The molecular weight excluding hydrogens is 707 g/mol. The number of amides is 3. The number of carbonyl (C=O) groups is 3. The fourth-order valence-electron chi connectivity index (χ4n) is 7.91. The van der Waals surface area contributed by atoms with Gasteiger partial charge in [0.1, 0.15) is 0 Å². The summed E-state index contributed by atoms with van der Waals surface area (Å²) in [4.78, 5) is 44.4. The average molecular weight is 752 g/mol. The van der Waals surface area contributed by atoms with Crippen LogP contribution in [0.25, 0.3) is 0 Å². The van der Waals surface area contributed by atoms with E-state index in [1.54, 1.807) is 22.9 Å². The second kappa shape index (κ2) is 14.4. The maximum atomic E-state index is 16.4. The second-order valence-electron chi connectivity index (χ2n) is 13.9. The van der Waals surface area contributed by atoms with E-state index in [0.717, 1.165) is 35.0 Å². The van der Waals surface area contributed by atoms with Gasteiger partial charge in [-0.15, -0.1) is 0 Å². The summed E-state index contributed by atoms with van der Waals surface area (Å²) in [5.74, 6) is -1.16. The van der Waals surface area contributed by atoms with Crippen LogP contribution in [0.3, 0.4) is 0 Å². The van der Waals surface area contributed by atoms with Gasteiger partial charge in [0.25, 0.3) is 5.91 Å². The zero-order valence-electron chi connectivity index (χ0n) is 28.1. The van der Waals surface area contributed by atoms with Crippen molar-refractivity contribution in [1.29, 1.82) is 0 Å². The Morgan fingerprint density at radius 1 is 1.12 bits per heavy atom. The highest BCUT2D eigenvalue weighted by atomic mass is 79.9. The van der Waals surface area contributed by atoms with Crippen molar-refractivity contribution in [2.45, 2.75) is 75.7 Å². The third kappa shape index (κ3) is 7.11. The fraction of sp³-hybridized carbons (Fsp3) is 0.432. The van der Waals surface area contributed by atoms with Crippen molar-refractivity contribution < 1.29 is 28.3 Å². The standard InChI is InChI=1S/C37H44BrFN4O5Si/c1-24-34(49(2,3)39)32(21-33(45)42(18-19-44)22-25-8-5-4-6-9-25)48-37(24)29-20-27(38)13-16-31(29)43(36(37)47)23-26-11-14-28(15-12-26)41-35(46)30-10-7-17-40-30/h4-6,8-9,11-16,20,24,30,32,34,40,44H,7,10,17-19,21-23H2,1-3H3,(H,41,46)/t24-,30+,32+,34-,37+/m0/s1. The average Bonchev–Trinajstić information content (AvgIpc) is 3.76. The monoisotopic (exact) mass is 750 g/mol. The summed E-state index contributed by atoms with van der Waals surface area (Å²) >= 11 is 3.58. The number of carbonyl (C=O) groups excluding carboxylic acids is 3. The molecule has 0 aliphatic carbocycles. The number of benzene rings is 3. The van der Waals surface area contributed by atoms with E-state index in [-0.39, 0.29) is 49.9 Å². The minimum atomic E-state index is -3.50. The molecule has 0 radical (unpaired) electrons. The zero-order chi connectivity index (χ0) is 34.9. The van der Waals surface area contributed by atoms with Crippen molar-refractivity contribution >= 4 is 53.4 Å². The van der Waals surface area contributed by atoms with E-state index in [0.29, 0.717) is 23.5 Å². The number of halogens is 2. The van der Waals surface area contributed by atoms with E-state index < -0.39 is 31.6 Å². The highest BCUT2D eigenvalue weighted by Gasteiger charge is 2.67. The van der Waals surface area contributed by atoms with Gasteiger partial charge >= 0.3 is 0 Å². The lowest BCUT2D eigenvalue weighted by atomic mass is 9.82. The van der Waals surface area contributed by atoms with E-state index in [1.807, 2.05) is 79.7 Å². The van der Waals surface area contributed by atoms with Gasteiger partial charge in [-0.2, -0.15) is 0 Å². The number of hydrogen-bond donors (Lipinski definition) is 3. The molecule has 49 heavy (non-hydrogen) atoms. The number of hydrogen-bond acceptors (Lipinski definition) is 6. The predicted molar refractivity (Wildman–Crippen MR) is 193 cm³/mol. The number of ether oxygens (including phenoxy) is 1. The van der Waals surface area contributed by atoms with Crippen molar-refractivity contribution in [3.05, 3.63) is 94.0 Å². The molecule has 0 unspecified atom stereocenters. The topological polar surface area (TPSA) is 111 Å². The highest BCUT2D eigenvalue weighted by Crippen LogP contribution is 2.60. The quantitative estimate of drug-likeness (QED) is 0.167. The first kappa shape index (κ1) is 35.4. The van der Waals surface area contributed by atoms with Gasteiger partial charge < -0.3 is 34.4 Å². The molecule has 3 aromatic rings. The maximum absolute atomic E-state index is 16.4. The van der Waals surface area contributed by atoms with Gasteiger partial charge in [-0.05, 0) is 73.9 Å². The highest BCUT2D eigenvalue weighted by molar-refractivity contribution is 9.10. The lowest BCUT2D eigenvalue weighted by Gasteiger charge is -2.31. The summed E-state index contributed by atoms with van der Waals surface area (Å²) in [6, 6.07) is 22.4. The van der Waals surface area contributed by atoms with Crippen LogP contribution in [0.1, 0.15) is 42.9 Å². The van der Waals surface area contributed by atoms with Gasteiger partial charge in [-0.3, -0.25) is 14.4 Å². The molecule has 0 aromatic heterocycles. The molecule has 3 aliphatic heterocycles. The lowest BCUT2D eigenvalue weighted by Crippen LogP contribution is -2.45. The molecule has 9 nitrogen and oxygen atoms in total. The maximum Gasteiger partial charge on any atom is 0.264 e. The number of aliphatic hydroxyl groups excluding tert-OH is 1. The van der Waals surface area contributed by atoms with Gasteiger partial charge in [0, 0.05) is 40.3 Å². The van der Waals surface area contributed by atoms with Crippen LogP contribution in [0.2, 0.25) is 18.6 Å².